The van der Waals surface area contributed by atoms with Gasteiger partial charge in [0.15, 0.2) is 0 Å². The summed E-state index contributed by atoms with van der Waals surface area (Å²) in [5.41, 5.74) is 4.93. The molecule has 5 nitrogen and oxygen atoms in total. The van der Waals surface area contributed by atoms with Crippen molar-refractivity contribution in [3.8, 4) is 0 Å². The van der Waals surface area contributed by atoms with Crippen LogP contribution < -0.4 is 11.1 Å². The molecular formula is C16H35N3O2. The maximum Gasteiger partial charge on any atom is 0.237 e. The molecule has 5 heteroatoms. The number of nitrogens with two attached hydrogens (primary N) is 1. The highest BCUT2D eigenvalue weighted by molar-refractivity contribution is 5.84. The van der Waals surface area contributed by atoms with Gasteiger partial charge in [-0.3, -0.25) is 9.69 Å². The fourth-order valence-corrected chi connectivity index (χ4v) is 2.82. The summed E-state index contributed by atoms with van der Waals surface area (Å²) < 4.78 is 5.21. The van der Waals surface area contributed by atoms with Crippen molar-refractivity contribution in [1.82, 2.24) is 10.2 Å². The Morgan fingerprint density at radius 1 is 1.29 bits per heavy atom. The van der Waals surface area contributed by atoms with E-state index in [4.69, 9.17) is 10.5 Å². The van der Waals surface area contributed by atoms with E-state index in [1.807, 2.05) is 13.8 Å². The number of methoxy groups -OCH3 is 1. The Balaban J connectivity index is 4.48. The molecule has 126 valence electrons. The van der Waals surface area contributed by atoms with E-state index in [0.29, 0.717) is 6.04 Å². The number of nitrogens with one attached hydrogen (secondary N) is 1. The van der Waals surface area contributed by atoms with Crippen LogP contribution >= 0.6 is 0 Å². The minimum absolute atomic E-state index is 0.268. The van der Waals surface area contributed by atoms with Crippen LogP contribution in [0.1, 0.15) is 53.4 Å². The summed E-state index contributed by atoms with van der Waals surface area (Å²) >= 11 is 0. The Bertz CT molecular complexity index is 283. The van der Waals surface area contributed by atoms with Crippen molar-refractivity contribution < 1.29 is 9.53 Å². The SMILES string of the molecule is CCNC(C)(CCCN(CCOC)C(CC)CC)C(N)=O. The predicted molar refractivity (Wildman–Crippen MR) is 88.3 cm³/mol. The largest absolute Gasteiger partial charge is 0.383 e. The fraction of sp³-hybridized carbons (Fsp3) is 0.938. The van der Waals surface area contributed by atoms with Crippen molar-refractivity contribution in [3.05, 3.63) is 0 Å². The van der Waals surface area contributed by atoms with E-state index in [9.17, 15) is 4.79 Å². The van der Waals surface area contributed by atoms with Gasteiger partial charge in [0.25, 0.3) is 0 Å². The van der Waals surface area contributed by atoms with E-state index in [1.165, 1.54) is 0 Å². The first-order valence-corrected chi connectivity index (χ1v) is 8.23. The summed E-state index contributed by atoms with van der Waals surface area (Å²) in [6.07, 6.45) is 3.99. The second kappa shape index (κ2) is 11.0. The minimum atomic E-state index is -0.602. The van der Waals surface area contributed by atoms with Crippen molar-refractivity contribution in [2.24, 2.45) is 5.73 Å². The van der Waals surface area contributed by atoms with Gasteiger partial charge in [0.1, 0.15) is 0 Å². The van der Waals surface area contributed by atoms with Crippen LogP contribution in [0.25, 0.3) is 0 Å². The molecule has 0 aromatic rings. The zero-order valence-electron chi connectivity index (χ0n) is 14.6. The van der Waals surface area contributed by atoms with Crippen LogP contribution in [0.5, 0.6) is 0 Å². The molecule has 1 unspecified atom stereocenters. The second-order valence-corrected chi connectivity index (χ2v) is 5.83. The van der Waals surface area contributed by atoms with Gasteiger partial charge in [0, 0.05) is 19.7 Å². The Morgan fingerprint density at radius 2 is 1.90 bits per heavy atom. The first-order chi connectivity index (χ1) is 9.95. The van der Waals surface area contributed by atoms with Gasteiger partial charge in [-0.2, -0.15) is 0 Å². The highest BCUT2D eigenvalue weighted by Gasteiger charge is 2.29. The lowest BCUT2D eigenvalue weighted by Gasteiger charge is -2.32. The second-order valence-electron chi connectivity index (χ2n) is 5.83. The zero-order chi connectivity index (χ0) is 16.3. The number of ether oxygens (including phenoxy) is 1. The molecule has 0 saturated heterocycles. The van der Waals surface area contributed by atoms with Gasteiger partial charge in [-0.25, -0.2) is 0 Å². The maximum absolute atomic E-state index is 11.6. The molecule has 0 aliphatic heterocycles. The lowest BCUT2D eigenvalue weighted by atomic mass is 9.94. The maximum atomic E-state index is 11.6. The lowest BCUT2D eigenvalue weighted by molar-refractivity contribution is -0.124. The van der Waals surface area contributed by atoms with E-state index in [2.05, 4.69) is 24.1 Å². The zero-order valence-corrected chi connectivity index (χ0v) is 14.6. The molecule has 0 fully saturated rings. The summed E-state index contributed by atoms with van der Waals surface area (Å²) in [5, 5.41) is 3.21. The Hall–Kier alpha value is -0.650. The quantitative estimate of drug-likeness (QED) is 0.544. The monoisotopic (exact) mass is 301 g/mol. The molecule has 0 rings (SSSR count). The molecule has 0 heterocycles. The topological polar surface area (TPSA) is 67.6 Å². The van der Waals surface area contributed by atoms with Crippen molar-refractivity contribution >= 4 is 5.91 Å². The van der Waals surface area contributed by atoms with Crippen LogP contribution in [0.15, 0.2) is 0 Å². The van der Waals surface area contributed by atoms with Gasteiger partial charge in [-0.15, -0.1) is 0 Å². The number of hydrogen-bond donors (Lipinski definition) is 2. The average Bonchev–Trinajstić information content (AvgIpc) is 2.45. The molecule has 3 N–H and O–H groups in total. The highest BCUT2D eigenvalue weighted by Crippen LogP contribution is 2.15. The lowest BCUT2D eigenvalue weighted by Crippen LogP contribution is -2.53. The normalized spacial score (nSPS) is 14.6. The van der Waals surface area contributed by atoms with E-state index >= 15 is 0 Å². The van der Waals surface area contributed by atoms with Crippen LogP contribution in [0.4, 0.5) is 0 Å². The molecule has 0 aliphatic rings. The number of nitrogens with zero attached hydrogens (tertiary/aromatic N) is 1. The molecule has 0 spiro atoms. The predicted octanol–water partition coefficient (Wildman–Crippen LogP) is 1.76. The molecule has 0 aromatic carbocycles. The molecule has 0 aliphatic carbocycles. The molecule has 21 heavy (non-hydrogen) atoms. The molecule has 0 radical (unpaired) electrons. The number of hydrogen-bond acceptors (Lipinski definition) is 4. The third-order valence-electron chi connectivity index (χ3n) is 4.27. The smallest absolute Gasteiger partial charge is 0.237 e. The molecule has 0 bridgehead atoms. The number of carbonyl (C=O) groups is 1. The van der Waals surface area contributed by atoms with Crippen molar-refractivity contribution in [1.29, 1.82) is 0 Å². The molecule has 1 amide bonds. The Morgan fingerprint density at radius 3 is 2.33 bits per heavy atom. The van der Waals surface area contributed by atoms with E-state index < -0.39 is 5.54 Å². The van der Waals surface area contributed by atoms with Crippen LogP contribution in [-0.2, 0) is 9.53 Å². The van der Waals surface area contributed by atoms with Crippen molar-refractivity contribution in [2.75, 3.05) is 33.4 Å². The first-order valence-electron chi connectivity index (χ1n) is 8.23. The van der Waals surface area contributed by atoms with E-state index in [0.717, 1.165) is 51.9 Å². The van der Waals surface area contributed by atoms with Gasteiger partial charge >= 0.3 is 0 Å². The van der Waals surface area contributed by atoms with Crippen molar-refractivity contribution in [2.45, 2.75) is 65.0 Å². The highest BCUT2D eigenvalue weighted by atomic mass is 16.5. The number of rotatable bonds is 13. The first kappa shape index (κ1) is 20.3. The Labute approximate surface area is 130 Å². The van der Waals surface area contributed by atoms with Gasteiger partial charge < -0.3 is 15.8 Å². The van der Waals surface area contributed by atoms with Crippen LogP contribution in [0.2, 0.25) is 0 Å². The fourth-order valence-electron chi connectivity index (χ4n) is 2.82. The third kappa shape index (κ3) is 7.25. The third-order valence-corrected chi connectivity index (χ3v) is 4.27. The van der Waals surface area contributed by atoms with Crippen LogP contribution in [0.3, 0.4) is 0 Å². The summed E-state index contributed by atoms with van der Waals surface area (Å²) in [7, 11) is 1.74. The van der Waals surface area contributed by atoms with Gasteiger partial charge in [0.05, 0.1) is 12.1 Å². The molecule has 0 saturated carbocycles. The van der Waals surface area contributed by atoms with Crippen LogP contribution in [-0.4, -0.2) is 55.7 Å². The summed E-state index contributed by atoms with van der Waals surface area (Å²) in [5.74, 6) is -0.268. The van der Waals surface area contributed by atoms with Crippen LogP contribution in [0, 0.1) is 0 Å². The van der Waals surface area contributed by atoms with Gasteiger partial charge in [0.2, 0.25) is 5.91 Å². The summed E-state index contributed by atoms with van der Waals surface area (Å²) in [4.78, 5) is 14.1. The molecule has 1 atom stereocenters. The standard InChI is InChI=1S/C16H35N3O2/c1-6-14(7-2)19(12-13-21-5)11-9-10-16(4,15(17)20)18-8-3/h14,18H,6-13H2,1-5H3,(H2,17,20). The van der Waals surface area contributed by atoms with E-state index in [-0.39, 0.29) is 5.91 Å². The molecule has 0 aromatic heterocycles. The summed E-state index contributed by atoms with van der Waals surface area (Å²) in [6, 6.07) is 0.583. The van der Waals surface area contributed by atoms with Gasteiger partial charge in [-0.05, 0) is 45.7 Å². The Kier molecular flexibility index (Phi) is 10.6. The number of carbonyl (C=O) groups excluding carboxylic acids is 1. The van der Waals surface area contributed by atoms with Crippen molar-refractivity contribution in [3.63, 3.8) is 0 Å². The number of primary amides is 1. The van der Waals surface area contributed by atoms with E-state index in [1.54, 1.807) is 7.11 Å². The summed E-state index contributed by atoms with van der Waals surface area (Å²) in [6.45, 7) is 11.8. The number of amides is 1. The number of likely N-dealkylation sites (N-methyl/N-ethyl adjacent to an activating group) is 1. The average molecular weight is 301 g/mol. The molecular weight excluding hydrogens is 266 g/mol. The van der Waals surface area contributed by atoms with Gasteiger partial charge in [-0.1, -0.05) is 20.8 Å². The minimum Gasteiger partial charge on any atom is -0.383 e.